The molecule has 1 saturated carbocycles. The summed E-state index contributed by atoms with van der Waals surface area (Å²) in [5.74, 6) is -1.11. The normalized spacial score (nSPS) is 31.3. The zero-order chi connectivity index (χ0) is 9.52. The van der Waals surface area contributed by atoms with E-state index in [4.69, 9.17) is 5.11 Å². The molecular formula is C9H16O3. The first kappa shape index (κ1) is 9.52. The molecule has 0 aliphatic heterocycles. The number of carbonyl (C=O) groups is 1. The Morgan fingerprint density at radius 2 is 2.00 bits per heavy atom. The molecule has 1 aliphatic rings. The highest BCUT2D eigenvalue weighted by molar-refractivity contribution is 5.73. The van der Waals surface area contributed by atoms with Crippen LogP contribution in [0.1, 0.15) is 27.2 Å². The largest absolute Gasteiger partial charge is 0.481 e. The Balaban J connectivity index is 2.49. The smallest absolute Gasteiger partial charge is 0.306 e. The summed E-state index contributed by atoms with van der Waals surface area (Å²) in [6.07, 6.45) is 0.145. The maximum absolute atomic E-state index is 10.5. The van der Waals surface area contributed by atoms with E-state index in [0.29, 0.717) is 6.42 Å². The van der Waals surface area contributed by atoms with Crippen LogP contribution >= 0.6 is 0 Å². The van der Waals surface area contributed by atoms with Crippen LogP contribution in [-0.4, -0.2) is 22.3 Å². The number of carboxylic acid groups (broad SMARTS) is 1. The van der Waals surface area contributed by atoms with Gasteiger partial charge in [-0.25, -0.2) is 0 Å². The molecule has 0 bridgehead atoms. The number of aliphatic carboxylic acids is 1. The maximum atomic E-state index is 10.5. The molecular weight excluding hydrogens is 156 g/mol. The van der Waals surface area contributed by atoms with Gasteiger partial charge in [0.15, 0.2) is 0 Å². The lowest BCUT2D eigenvalue weighted by molar-refractivity contribution is -0.139. The molecule has 1 unspecified atom stereocenters. The minimum Gasteiger partial charge on any atom is -0.481 e. The highest BCUT2D eigenvalue weighted by atomic mass is 16.4. The van der Waals surface area contributed by atoms with E-state index < -0.39 is 12.1 Å². The lowest BCUT2D eigenvalue weighted by Crippen LogP contribution is -2.29. The van der Waals surface area contributed by atoms with Gasteiger partial charge < -0.3 is 10.2 Å². The number of aliphatic hydroxyl groups is 1. The predicted octanol–water partition coefficient (Wildman–Crippen LogP) is 1.11. The van der Waals surface area contributed by atoms with Crippen molar-refractivity contribution >= 4 is 5.97 Å². The molecule has 0 aromatic heterocycles. The predicted molar refractivity (Wildman–Crippen MR) is 44.7 cm³/mol. The van der Waals surface area contributed by atoms with Crippen LogP contribution in [0.4, 0.5) is 0 Å². The van der Waals surface area contributed by atoms with E-state index >= 15 is 0 Å². The standard InChI is InChI=1S/C9H16O3/c1-9(2,3)7(10)5-4-6(5)8(11)12/h5-7,10H,4H2,1-3H3,(H,11,12)/t5-,6-,7?/m0/s1. The Morgan fingerprint density at radius 1 is 1.50 bits per heavy atom. The summed E-state index contributed by atoms with van der Waals surface area (Å²) >= 11 is 0. The van der Waals surface area contributed by atoms with Crippen molar-refractivity contribution in [1.82, 2.24) is 0 Å². The summed E-state index contributed by atoms with van der Waals surface area (Å²) in [5, 5.41) is 18.3. The van der Waals surface area contributed by atoms with E-state index in [1.807, 2.05) is 20.8 Å². The van der Waals surface area contributed by atoms with E-state index in [9.17, 15) is 9.90 Å². The Hall–Kier alpha value is -0.570. The summed E-state index contributed by atoms with van der Waals surface area (Å²) < 4.78 is 0. The number of rotatable bonds is 2. The first-order valence-electron chi connectivity index (χ1n) is 4.25. The third-order valence-corrected chi connectivity index (χ3v) is 2.45. The number of carboxylic acids is 1. The van der Waals surface area contributed by atoms with Gasteiger partial charge in [0.05, 0.1) is 12.0 Å². The van der Waals surface area contributed by atoms with E-state index in [1.54, 1.807) is 0 Å². The average molecular weight is 172 g/mol. The van der Waals surface area contributed by atoms with Crippen LogP contribution < -0.4 is 0 Å². The second-order valence-electron chi connectivity index (χ2n) is 4.66. The van der Waals surface area contributed by atoms with Gasteiger partial charge in [-0.1, -0.05) is 20.8 Å². The maximum Gasteiger partial charge on any atom is 0.306 e. The van der Waals surface area contributed by atoms with Crippen LogP contribution in [-0.2, 0) is 4.79 Å². The third-order valence-electron chi connectivity index (χ3n) is 2.45. The van der Waals surface area contributed by atoms with Gasteiger partial charge in [-0.2, -0.15) is 0 Å². The fraction of sp³-hybridized carbons (Fsp3) is 0.889. The molecule has 70 valence electrons. The van der Waals surface area contributed by atoms with Crippen molar-refractivity contribution in [1.29, 1.82) is 0 Å². The molecule has 1 aliphatic carbocycles. The van der Waals surface area contributed by atoms with Gasteiger partial charge in [0.1, 0.15) is 0 Å². The van der Waals surface area contributed by atoms with E-state index in [-0.39, 0.29) is 17.3 Å². The first-order chi connectivity index (χ1) is 5.34. The summed E-state index contributed by atoms with van der Waals surface area (Å²) in [6, 6.07) is 0. The van der Waals surface area contributed by atoms with Crippen LogP contribution in [0.5, 0.6) is 0 Å². The molecule has 0 aromatic carbocycles. The van der Waals surface area contributed by atoms with Crippen molar-refractivity contribution in [2.45, 2.75) is 33.3 Å². The molecule has 12 heavy (non-hydrogen) atoms. The minimum absolute atomic E-state index is 0.0255. The summed E-state index contributed by atoms with van der Waals surface area (Å²) in [6.45, 7) is 5.78. The van der Waals surface area contributed by atoms with E-state index in [0.717, 1.165) is 0 Å². The van der Waals surface area contributed by atoms with Crippen LogP contribution in [0.25, 0.3) is 0 Å². The lowest BCUT2D eigenvalue weighted by Gasteiger charge is -2.25. The molecule has 2 N–H and O–H groups in total. The van der Waals surface area contributed by atoms with E-state index in [1.165, 1.54) is 0 Å². The SMILES string of the molecule is CC(C)(C)C(O)[C@H]1C[C@@H]1C(=O)O. The second-order valence-corrected chi connectivity index (χ2v) is 4.66. The van der Waals surface area contributed by atoms with Gasteiger partial charge in [0, 0.05) is 0 Å². The average Bonchev–Trinajstić information content (AvgIpc) is 2.61. The van der Waals surface area contributed by atoms with Gasteiger partial charge >= 0.3 is 5.97 Å². The Labute approximate surface area is 72.4 Å². The molecule has 0 spiro atoms. The van der Waals surface area contributed by atoms with Crippen LogP contribution in [0.3, 0.4) is 0 Å². The Kier molecular flexibility index (Phi) is 2.17. The Morgan fingerprint density at radius 3 is 2.25 bits per heavy atom. The number of hydrogen-bond donors (Lipinski definition) is 2. The van der Waals surface area contributed by atoms with Crippen molar-refractivity contribution < 1.29 is 15.0 Å². The monoisotopic (exact) mass is 172 g/mol. The summed E-state index contributed by atoms with van der Waals surface area (Å²) in [4.78, 5) is 10.5. The van der Waals surface area contributed by atoms with Crippen molar-refractivity contribution in [2.24, 2.45) is 17.3 Å². The molecule has 1 rings (SSSR count). The molecule has 0 radical (unpaired) electrons. The summed E-state index contributed by atoms with van der Waals surface area (Å²) in [7, 11) is 0. The number of hydrogen-bond acceptors (Lipinski definition) is 2. The molecule has 0 amide bonds. The van der Waals surface area contributed by atoms with Gasteiger partial charge in [0.2, 0.25) is 0 Å². The zero-order valence-electron chi connectivity index (χ0n) is 7.74. The van der Waals surface area contributed by atoms with Crippen LogP contribution in [0, 0.1) is 17.3 Å². The quantitative estimate of drug-likeness (QED) is 0.656. The Bertz CT molecular complexity index is 192. The second kappa shape index (κ2) is 2.73. The topological polar surface area (TPSA) is 57.5 Å². The number of aliphatic hydroxyl groups excluding tert-OH is 1. The third kappa shape index (κ3) is 1.78. The lowest BCUT2D eigenvalue weighted by atomic mass is 9.86. The molecule has 3 atom stereocenters. The van der Waals surface area contributed by atoms with Gasteiger partial charge in [-0.3, -0.25) is 4.79 Å². The van der Waals surface area contributed by atoms with Gasteiger partial charge in [-0.05, 0) is 17.8 Å². The van der Waals surface area contributed by atoms with Gasteiger partial charge in [-0.15, -0.1) is 0 Å². The van der Waals surface area contributed by atoms with Crippen molar-refractivity contribution in [2.75, 3.05) is 0 Å². The first-order valence-corrected chi connectivity index (χ1v) is 4.25. The molecule has 0 aromatic rings. The zero-order valence-corrected chi connectivity index (χ0v) is 7.74. The molecule has 0 heterocycles. The molecule has 0 saturated heterocycles. The van der Waals surface area contributed by atoms with Crippen LogP contribution in [0.15, 0.2) is 0 Å². The van der Waals surface area contributed by atoms with Crippen molar-refractivity contribution in [3.8, 4) is 0 Å². The molecule has 3 heteroatoms. The minimum atomic E-state index is -0.775. The van der Waals surface area contributed by atoms with Gasteiger partial charge in [0.25, 0.3) is 0 Å². The molecule has 3 nitrogen and oxygen atoms in total. The molecule has 1 fully saturated rings. The fourth-order valence-electron chi connectivity index (χ4n) is 1.49. The van der Waals surface area contributed by atoms with Crippen molar-refractivity contribution in [3.05, 3.63) is 0 Å². The van der Waals surface area contributed by atoms with Crippen molar-refractivity contribution in [3.63, 3.8) is 0 Å². The summed E-state index contributed by atoms with van der Waals surface area (Å²) in [5.41, 5.74) is -0.200. The highest BCUT2D eigenvalue weighted by Crippen LogP contribution is 2.46. The highest BCUT2D eigenvalue weighted by Gasteiger charge is 2.50. The van der Waals surface area contributed by atoms with E-state index in [2.05, 4.69) is 0 Å². The fourth-order valence-corrected chi connectivity index (χ4v) is 1.49. The van der Waals surface area contributed by atoms with Crippen LogP contribution in [0.2, 0.25) is 0 Å².